The Bertz CT molecular complexity index is 896. The molecule has 0 spiro atoms. The Hall–Kier alpha value is -3.89. The summed E-state index contributed by atoms with van der Waals surface area (Å²) in [4.78, 5) is 0. The van der Waals surface area contributed by atoms with Crippen LogP contribution in [0.2, 0.25) is 0 Å². The highest BCUT2D eigenvalue weighted by Gasteiger charge is 2.20. The predicted molar refractivity (Wildman–Crippen MR) is 135 cm³/mol. The second-order valence-corrected chi connectivity index (χ2v) is 7.71. The molecule has 0 atom stereocenters. The van der Waals surface area contributed by atoms with Crippen LogP contribution >= 0.6 is 8.60 Å². The first kappa shape index (κ1) is 24.7. The summed E-state index contributed by atoms with van der Waals surface area (Å²) in [5.74, 6) is 3.87. The zero-order valence-electron chi connectivity index (χ0n) is 18.8. The van der Waals surface area contributed by atoms with Gasteiger partial charge in [-0.3, -0.25) is 0 Å². The fourth-order valence-corrected chi connectivity index (χ4v) is 3.56. The van der Waals surface area contributed by atoms with Crippen molar-refractivity contribution in [1.29, 1.82) is 0 Å². The van der Waals surface area contributed by atoms with Crippen molar-refractivity contribution in [3.05, 3.63) is 111 Å². The zero-order valence-corrected chi connectivity index (χ0v) is 19.7. The second kappa shape index (κ2) is 13.6. The maximum Gasteiger partial charge on any atom is 0.530 e. The quantitative estimate of drug-likeness (QED) is 0.171. The van der Waals surface area contributed by atoms with Gasteiger partial charge in [0.15, 0.2) is 0 Å². The molecule has 0 unspecified atom stereocenters. The van der Waals surface area contributed by atoms with E-state index in [1.807, 2.05) is 36.4 Å². The fraction of sp³-hybridized carbons (Fsp3) is 0.111. The monoisotopic (exact) mass is 478 g/mol. The summed E-state index contributed by atoms with van der Waals surface area (Å²) < 4.78 is 34.6. The smallest absolute Gasteiger partial charge is 0.490 e. The van der Waals surface area contributed by atoms with Crippen molar-refractivity contribution in [2.75, 3.05) is 19.8 Å². The molecule has 0 N–H and O–H groups in total. The van der Waals surface area contributed by atoms with Gasteiger partial charge in [-0.25, -0.2) is 0 Å². The molecule has 0 aromatic heterocycles. The van der Waals surface area contributed by atoms with Gasteiger partial charge in [0.25, 0.3) is 0 Å². The van der Waals surface area contributed by atoms with Gasteiger partial charge in [-0.1, -0.05) is 38.0 Å². The van der Waals surface area contributed by atoms with E-state index in [1.165, 1.54) is 0 Å². The van der Waals surface area contributed by atoms with E-state index in [4.69, 9.17) is 27.8 Å². The molecule has 0 saturated heterocycles. The van der Waals surface area contributed by atoms with Crippen molar-refractivity contribution >= 4 is 8.60 Å². The van der Waals surface area contributed by atoms with Crippen LogP contribution in [-0.2, 0) is 0 Å². The molecule has 0 amide bonds. The van der Waals surface area contributed by atoms with Gasteiger partial charge in [0.05, 0.1) is 0 Å². The minimum atomic E-state index is -1.82. The largest absolute Gasteiger partial charge is 0.530 e. The summed E-state index contributed by atoms with van der Waals surface area (Å²) in [6, 6.07) is 21.6. The Balaban J connectivity index is 1.71. The average molecular weight is 478 g/mol. The molecule has 0 radical (unpaired) electrons. The molecule has 3 aromatic carbocycles. The Morgan fingerprint density at radius 1 is 0.441 bits per heavy atom. The van der Waals surface area contributed by atoms with Crippen LogP contribution in [0.4, 0.5) is 0 Å². The van der Waals surface area contributed by atoms with E-state index in [1.54, 1.807) is 54.6 Å². The highest BCUT2D eigenvalue weighted by atomic mass is 31.2. The van der Waals surface area contributed by atoms with Gasteiger partial charge >= 0.3 is 8.60 Å². The van der Waals surface area contributed by atoms with Gasteiger partial charge in [-0.15, -0.1) is 0 Å². The SMILES string of the molecule is C=CCOc1ccc(OP(Oc2ccc(OCC=C)cc2)Oc2ccc(OCC=C)cc2)cc1. The normalized spacial score (nSPS) is 10.1. The molecule has 0 aliphatic carbocycles. The fourth-order valence-electron chi connectivity index (χ4n) is 2.57. The summed E-state index contributed by atoms with van der Waals surface area (Å²) in [6.07, 6.45) is 5.06. The first-order valence-electron chi connectivity index (χ1n) is 10.6. The minimum Gasteiger partial charge on any atom is -0.490 e. The summed E-state index contributed by atoms with van der Waals surface area (Å²) in [5, 5.41) is 0. The molecule has 0 heterocycles. The van der Waals surface area contributed by atoms with E-state index >= 15 is 0 Å². The van der Waals surface area contributed by atoms with E-state index < -0.39 is 8.60 Å². The van der Waals surface area contributed by atoms with E-state index in [0.29, 0.717) is 54.3 Å². The zero-order chi connectivity index (χ0) is 24.0. The molecule has 3 aromatic rings. The highest BCUT2D eigenvalue weighted by molar-refractivity contribution is 7.43. The number of rotatable bonds is 15. The van der Waals surface area contributed by atoms with E-state index in [-0.39, 0.29) is 0 Å². The standard InChI is InChI=1S/C27H27O6P/c1-4-19-28-22-7-13-25(14-8-22)31-34(32-26-15-9-23(10-16-26)29-20-5-2)33-27-17-11-24(12-18-27)30-21-6-3/h4-18H,1-3,19-21H2. The lowest BCUT2D eigenvalue weighted by molar-refractivity contribution is 0.359. The van der Waals surface area contributed by atoms with Gasteiger partial charge in [-0.05, 0) is 72.8 Å². The molecular weight excluding hydrogens is 451 g/mol. The van der Waals surface area contributed by atoms with Crippen LogP contribution in [-0.4, -0.2) is 19.8 Å². The van der Waals surface area contributed by atoms with Crippen LogP contribution in [0.25, 0.3) is 0 Å². The lowest BCUT2D eigenvalue weighted by atomic mass is 10.3. The molecule has 0 fully saturated rings. The van der Waals surface area contributed by atoms with Crippen molar-refractivity contribution < 1.29 is 27.8 Å². The average Bonchev–Trinajstić information content (AvgIpc) is 2.87. The molecule has 34 heavy (non-hydrogen) atoms. The molecule has 0 aliphatic heterocycles. The van der Waals surface area contributed by atoms with Gasteiger partial charge in [0, 0.05) is 0 Å². The van der Waals surface area contributed by atoms with Crippen LogP contribution < -0.4 is 27.8 Å². The van der Waals surface area contributed by atoms with Crippen molar-refractivity contribution in [1.82, 2.24) is 0 Å². The maximum atomic E-state index is 6.03. The first-order valence-corrected chi connectivity index (χ1v) is 11.6. The van der Waals surface area contributed by atoms with Gasteiger partial charge < -0.3 is 27.8 Å². The number of hydrogen-bond donors (Lipinski definition) is 0. The third-order valence-corrected chi connectivity index (χ3v) is 5.19. The van der Waals surface area contributed by atoms with Crippen LogP contribution in [0.3, 0.4) is 0 Å². The lowest BCUT2D eigenvalue weighted by Gasteiger charge is -2.18. The van der Waals surface area contributed by atoms with Gasteiger partial charge in [-0.2, -0.15) is 0 Å². The molecule has 176 valence electrons. The first-order chi connectivity index (χ1) is 16.7. The van der Waals surface area contributed by atoms with Crippen LogP contribution in [0.1, 0.15) is 0 Å². The van der Waals surface area contributed by atoms with Crippen LogP contribution in [0.15, 0.2) is 111 Å². The highest BCUT2D eigenvalue weighted by Crippen LogP contribution is 2.43. The summed E-state index contributed by atoms with van der Waals surface area (Å²) in [7, 11) is -1.82. The van der Waals surface area contributed by atoms with Crippen molar-refractivity contribution in [2.45, 2.75) is 0 Å². The molecule has 0 saturated carbocycles. The minimum absolute atomic E-state index is 0.429. The van der Waals surface area contributed by atoms with Gasteiger partial charge in [0.1, 0.15) is 54.3 Å². The third-order valence-electron chi connectivity index (χ3n) is 4.11. The second-order valence-electron chi connectivity index (χ2n) is 6.71. The Morgan fingerprint density at radius 3 is 0.912 bits per heavy atom. The Morgan fingerprint density at radius 2 is 0.676 bits per heavy atom. The maximum absolute atomic E-state index is 6.03. The number of benzene rings is 3. The van der Waals surface area contributed by atoms with Crippen LogP contribution in [0, 0.1) is 0 Å². The molecule has 0 bridgehead atoms. The lowest BCUT2D eigenvalue weighted by Crippen LogP contribution is -2.03. The molecular formula is C27H27O6P. The predicted octanol–water partition coefficient (Wildman–Crippen LogP) is 7.14. The van der Waals surface area contributed by atoms with E-state index in [9.17, 15) is 0 Å². The van der Waals surface area contributed by atoms with Crippen molar-refractivity contribution in [3.63, 3.8) is 0 Å². The molecule has 3 rings (SSSR count). The van der Waals surface area contributed by atoms with E-state index in [2.05, 4.69) is 19.7 Å². The van der Waals surface area contributed by atoms with E-state index in [0.717, 1.165) is 0 Å². The van der Waals surface area contributed by atoms with Crippen molar-refractivity contribution in [3.8, 4) is 34.5 Å². The number of ether oxygens (including phenoxy) is 3. The summed E-state index contributed by atoms with van der Waals surface area (Å²) in [6.45, 7) is 12.2. The Labute approximate surface area is 201 Å². The molecule has 7 heteroatoms. The summed E-state index contributed by atoms with van der Waals surface area (Å²) in [5.41, 5.74) is 0. The third kappa shape index (κ3) is 8.23. The molecule has 6 nitrogen and oxygen atoms in total. The van der Waals surface area contributed by atoms with Gasteiger partial charge in [0.2, 0.25) is 0 Å². The molecule has 0 aliphatic rings. The van der Waals surface area contributed by atoms with Crippen molar-refractivity contribution in [2.24, 2.45) is 0 Å². The summed E-state index contributed by atoms with van der Waals surface area (Å²) >= 11 is 0. The van der Waals surface area contributed by atoms with Crippen LogP contribution in [0.5, 0.6) is 34.5 Å². The topological polar surface area (TPSA) is 55.4 Å². The number of hydrogen-bond acceptors (Lipinski definition) is 6. The Kier molecular flexibility index (Phi) is 9.91.